The molecule has 0 aliphatic heterocycles. The average Bonchev–Trinajstić information content (AvgIpc) is 2.79. The van der Waals surface area contributed by atoms with Crippen molar-refractivity contribution in [3.63, 3.8) is 0 Å². The number of nitrogens with two attached hydrogens (primary N) is 1. The van der Waals surface area contributed by atoms with Crippen molar-refractivity contribution in [3.05, 3.63) is 11.1 Å². The number of thiazole rings is 1. The van der Waals surface area contributed by atoms with E-state index in [1.54, 1.807) is 18.4 Å². The third-order valence-corrected chi connectivity index (χ3v) is 3.99. The molecule has 0 saturated heterocycles. The number of aromatic nitrogens is 1. The van der Waals surface area contributed by atoms with E-state index in [9.17, 15) is 0 Å². The first-order valence-corrected chi connectivity index (χ1v) is 5.26. The largest absolute Gasteiger partial charge is 0.473 e. The number of ether oxygens (including phenoxy) is 1. The van der Waals surface area contributed by atoms with Crippen LogP contribution in [0.15, 0.2) is 6.20 Å². The van der Waals surface area contributed by atoms with Crippen molar-refractivity contribution in [1.82, 2.24) is 4.98 Å². The highest BCUT2D eigenvalue weighted by Crippen LogP contribution is 2.52. The number of hydrogen-bond acceptors (Lipinski definition) is 4. The van der Waals surface area contributed by atoms with Crippen molar-refractivity contribution >= 4 is 11.3 Å². The Hall–Kier alpha value is -0.610. The van der Waals surface area contributed by atoms with Crippen LogP contribution in [0.5, 0.6) is 5.19 Å². The van der Waals surface area contributed by atoms with Gasteiger partial charge in [-0.25, -0.2) is 4.98 Å². The summed E-state index contributed by atoms with van der Waals surface area (Å²) in [6.45, 7) is 2.07. The molecule has 1 aromatic heterocycles. The summed E-state index contributed by atoms with van der Waals surface area (Å²) in [7, 11) is 1.65. The number of hydrogen-bond donors (Lipinski definition) is 1. The average molecular weight is 198 g/mol. The van der Waals surface area contributed by atoms with Gasteiger partial charge in [0.15, 0.2) is 0 Å². The molecule has 0 spiro atoms. The van der Waals surface area contributed by atoms with Gasteiger partial charge in [-0.3, -0.25) is 0 Å². The van der Waals surface area contributed by atoms with Gasteiger partial charge in [0.1, 0.15) is 0 Å². The Morgan fingerprint density at radius 1 is 1.69 bits per heavy atom. The van der Waals surface area contributed by atoms with Gasteiger partial charge in [-0.2, -0.15) is 0 Å². The van der Waals surface area contributed by atoms with Crippen molar-refractivity contribution in [1.29, 1.82) is 0 Å². The van der Waals surface area contributed by atoms with E-state index >= 15 is 0 Å². The lowest BCUT2D eigenvalue weighted by Crippen LogP contribution is -2.30. The lowest BCUT2D eigenvalue weighted by Gasteiger charge is -2.16. The van der Waals surface area contributed by atoms with Crippen LogP contribution < -0.4 is 10.5 Å². The molecule has 1 unspecified atom stereocenters. The molecule has 1 aromatic rings. The highest BCUT2D eigenvalue weighted by atomic mass is 32.1. The van der Waals surface area contributed by atoms with E-state index in [0.717, 1.165) is 5.19 Å². The smallest absolute Gasteiger partial charge is 0.273 e. The Morgan fingerprint density at radius 3 is 2.77 bits per heavy atom. The molecule has 3 nitrogen and oxygen atoms in total. The Labute approximate surface area is 81.9 Å². The fraction of sp³-hybridized carbons (Fsp3) is 0.667. The standard InChI is InChI=1S/C9H14N2OS/c1-6(10)9(3-4-9)7-5-11-8(12-2)13-7/h5-6H,3-4,10H2,1-2H3. The summed E-state index contributed by atoms with van der Waals surface area (Å²) in [5.74, 6) is 0. The Balaban J connectivity index is 2.25. The van der Waals surface area contributed by atoms with Crippen LogP contribution in [-0.2, 0) is 5.41 Å². The van der Waals surface area contributed by atoms with Crippen molar-refractivity contribution in [2.24, 2.45) is 5.73 Å². The maximum atomic E-state index is 5.95. The molecule has 1 aliphatic rings. The van der Waals surface area contributed by atoms with Gasteiger partial charge < -0.3 is 10.5 Å². The normalized spacial score (nSPS) is 21.2. The quantitative estimate of drug-likeness (QED) is 0.801. The molecule has 72 valence electrons. The molecule has 13 heavy (non-hydrogen) atoms. The molecule has 1 fully saturated rings. The van der Waals surface area contributed by atoms with Crippen molar-refractivity contribution in [2.45, 2.75) is 31.2 Å². The SMILES string of the molecule is COc1ncc(C2(C(C)N)CC2)s1. The first kappa shape index (κ1) is 8.97. The van der Waals surface area contributed by atoms with Gasteiger partial charge in [0.05, 0.1) is 7.11 Å². The second-order valence-corrected chi connectivity index (χ2v) is 4.63. The minimum absolute atomic E-state index is 0.217. The third kappa shape index (κ3) is 1.34. The third-order valence-electron chi connectivity index (χ3n) is 2.81. The fourth-order valence-electron chi connectivity index (χ4n) is 1.64. The van der Waals surface area contributed by atoms with Crippen molar-refractivity contribution < 1.29 is 4.74 Å². The first-order valence-electron chi connectivity index (χ1n) is 4.45. The van der Waals surface area contributed by atoms with Crippen LogP contribution in [0.2, 0.25) is 0 Å². The fourth-order valence-corrected chi connectivity index (χ4v) is 2.72. The van der Waals surface area contributed by atoms with Crippen LogP contribution in [0.3, 0.4) is 0 Å². The predicted molar refractivity (Wildman–Crippen MR) is 53.2 cm³/mol. The molecule has 0 amide bonds. The van der Waals surface area contributed by atoms with Crippen molar-refractivity contribution in [2.75, 3.05) is 7.11 Å². The van der Waals surface area contributed by atoms with E-state index in [1.807, 2.05) is 6.20 Å². The molecular formula is C9H14N2OS. The molecule has 1 atom stereocenters. The highest BCUT2D eigenvalue weighted by molar-refractivity contribution is 7.13. The minimum Gasteiger partial charge on any atom is -0.473 e. The van der Waals surface area contributed by atoms with Gasteiger partial charge in [0.2, 0.25) is 0 Å². The Morgan fingerprint density at radius 2 is 2.38 bits per heavy atom. The minimum atomic E-state index is 0.217. The molecule has 0 bridgehead atoms. The number of nitrogens with zero attached hydrogens (tertiary/aromatic N) is 1. The molecule has 1 heterocycles. The van der Waals surface area contributed by atoms with Gasteiger partial charge in [-0.1, -0.05) is 11.3 Å². The van der Waals surface area contributed by atoms with E-state index in [1.165, 1.54) is 17.7 Å². The zero-order chi connectivity index (χ0) is 9.47. The summed E-state index contributed by atoms with van der Waals surface area (Å²) in [6, 6.07) is 0.220. The number of rotatable bonds is 3. The number of methoxy groups -OCH3 is 1. The van der Waals surface area contributed by atoms with E-state index in [-0.39, 0.29) is 11.5 Å². The van der Waals surface area contributed by atoms with E-state index < -0.39 is 0 Å². The predicted octanol–water partition coefficient (Wildman–Crippen LogP) is 1.53. The first-order chi connectivity index (χ1) is 6.19. The molecule has 1 aliphatic carbocycles. The lowest BCUT2D eigenvalue weighted by molar-refractivity contribution is 0.412. The molecule has 0 aromatic carbocycles. The van der Waals surface area contributed by atoms with E-state index in [4.69, 9.17) is 10.5 Å². The van der Waals surface area contributed by atoms with Gasteiger partial charge in [0.25, 0.3) is 5.19 Å². The topological polar surface area (TPSA) is 48.1 Å². The molecule has 1 saturated carbocycles. The van der Waals surface area contributed by atoms with Gasteiger partial charge in [-0.05, 0) is 19.8 Å². The summed E-state index contributed by atoms with van der Waals surface area (Å²) >= 11 is 1.62. The Bertz CT molecular complexity index is 304. The summed E-state index contributed by atoms with van der Waals surface area (Å²) in [4.78, 5) is 5.44. The summed E-state index contributed by atoms with van der Waals surface area (Å²) in [5.41, 5.74) is 6.17. The molecule has 2 N–H and O–H groups in total. The molecule has 0 radical (unpaired) electrons. The van der Waals surface area contributed by atoms with E-state index in [0.29, 0.717) is 0 Å². The molecule has 4 heteroatoms. The lowest BCUT2D eigenvalue weighted by atomic mass is 9.98. The maximum absolute atomic E-state index is 5.95. The van der Waals surface area contributed by atoms with Gasteiger partial charge in [-0.15, -0.1) is 0 Å². The van der Waals surface area contributed by atoms with Crippen LogP contribution in [0.1, 0.15) is 24.6 Å². The second kappa shape index (κ2) is 2.96. The van der Waals surface area contributed by atoms with Gasteiger partial charge in [0, 0.05) is 22.5 Å². The van der Waals surface area contributed by atoms with Crippen molar-refractivity contribution in [3.8, 4) is 5.19 Å². The second-order valence-electron chi connectivity index (χ2n) is 3.64. The molecule has 2 rings (SSSR count). The van der Waals surface area contributed by atoms with Crippen LogP contribution in [0.4, 0.5) is 0 Å². The van der Waals surface area contributed by atoms with Crippen LogP contribution in [-0.4, -0.2) is 18.1 Å². The molecular weight excluding hydrogens is 184 g/mol. The zero-order valence-electron chi connectivity index (χ0n) is 7.91. The van der Waals surface area contributed by atoms with E-state index in [2.05, 4.69) is 11.9 Å². The summed E-state index contributed by atoms with van der Waals surface area (Å²) < 4.78 is 5.06. The zero-order valence-corrected chi connectivity index (χ0v) is 8.73. The van der Waals surface area contributed by atoms with Crippen LogP contribution in [0.25, 0.3) is 0 Å². The van der Waals surface area contributed by atoms with Gasteiger partial charge >= 0.3 is 0 Å². The monoisotopic (exact) mass is 198 g/mol. The Kier molecular flexibility index (Phi) is 2.04. The van der Waals surface area contributed by atoms with Crippen LogP contribution in [0, 0.1) is 0 Å². The highest BCUT2D eigenvalue weighted by Gasteiger charge is 2.48. The summed E-state index contributed by atoms with van der Waals surface area (Å²) in [6.07, 6.45) is 4.28. The maximum Gasteiger partial charge on any atom is 0.273 e. The summed E-state index contributed by atoms with van der Waals surface area (Å²) in [5, 5.41) is 0.738. The van der Waals surface area contributed by atoms with Crippen LogP contribution >= 0.6 is 11.3 Å².